The molecule has 0 amide bonds. The normalized spacial score (nSPS) is 10.9. The van der Waals surface area contributed by atoms with E-state index in [9.17, 15) is 4.39 Å². The third kappa shape index (κ3) is 3.58. The van der Waals surface area contributed by atoms with Crippen molar-refractivity contribution in [2.75, 3.05) is 0 Å². The molecule has 0 spiro atoms. The summed E-state index contributed by atoms with van der Waals surface area (Å²) in [6, 6.07) is 15.6. The van der Waals surface area contributed by atoms with Gasteiger partial charge in [-0.05, 0) is 36.4 Å². The van der Waals surface area contributed by atoms with Gasteiger partial charge >= 0.3 is 0 Å². The number of hydrogen-bond acceptors (Lipinski definition) is 6. The summed E-state index contributed by atoms with van der Waals surface area (Å²) in [7, 11) is 0. The maximum atomic E-state index is 13.0. The van der Waals surface area contributed by atoms with Crippen LogP contribution in [-0.4, -0.2) is 25.2 Å². The van der Waals surface area contributed by atoms with Gasteiger partial charge in [0.15, 0.2) is 0 Å². The third-order valence-corrected chi connectivity index (χ3v) is 4.25. The number of thioether (sulfide) groups is 1. The van der Waals surface area contributed by atoms with Crippen molar-refractivity contribution in [1.29, 1.82) is 0 Å². The molecule has 0 aliphatic heterocycles. The van der Waals surface area contributed by atoms with E-state index in [1.54, 1.807) is 23.0 Å². The highest BCUT2D eigenvalue weighted by atomic mass is 32.2. The molecule has 0 atom stereocenters. The van der Waals surface area contributed by atoms with E-state index in [0.29, 0.717) is 16.9 Å². The number of nitrogens with zero attached hydrogens (tertiary/aromatic N) is 5. The van der Waals surface area contributed by atoms with Gasteiger partial charge in [0.25, 0.3) is 5.22 Å². The molecule has 0 unspecified atom stereocenters. The molecule has 0 aliphatic rings. The van der Waals surface area contributed by atoms with Gasteiger partial charge < -0.3 is 4.42 Å². The lowest BCUT2D eigenvalue weighted by molar-refractivity contribution is 0.466. The Hall–Kier alpha value is -3.00. The fourth-order valence-electron chi connectivity index (χ4n) is 2.19. The zero-order chi connectivity index (χ0) is 17.1. The summed E-state index contributed by atoms with van der Waals surface area (Å²) in [5, 5.41) is 16.7. The highest BCUT2D eigenvalue weighted by Gasteiger charge is 2.10. The maximum absolute atomic E-state index is 13.0. The van der Waals surface area contributed by atoms with Crippen LogP contribution >= 0.6 is 11.8 Å². The topological polar surface area (TPSA) is 69.6 Å². The summed E-state index contributed by atoms with van der Waals surface area (Å²) in [6.07, 6.45) is 1.79. The van der Waals surface area contributed by atoms with Gasteiger partial charge in [0.1, 0.15) is 5.82 Å². The Balaban J connectivity index is 1.42. The minimum Gasteiger partial charge on any atom is -0.411 e. The van der Waals surface area contributed by atoms with Crippen molar-refractivity contribution in [3.8, 4) is 17.1 Å². The molecule has 0 bridgehead atoms. The smallest absolute Gasteiger partial charge is 0.277 e. The lowest BCUT2D eigenvalue weighted by Crippen LogP contribution is -1.94. The quantitative estimate of drug-likeness (QED) is 0.509. The fourth-order valence-corrected chi connectivity index (χ4v) is 2.83. The van der Waals surface area contributed by atoms with Gasteiger partial charge in [0, 0.05) is 11.3 Å². The highest BCUT2D eigenvalue weighted by Crippen LogP contribution is 2.25. The van der Waals surface area contributed by atoms with E-state index in [1.807, 2.05) is 30.3 Å². The van der Waals surface area contributed by atoms with Crippen molar-refractivity contribution in [3.05, 3.63) is 72.3 Å². The van der Waals surface area contributed by atoms with Crippen molar-refractivity contribution in [2.45, 2.75) is 11.0 Å². The van der Waals surface area contributed by atoms with E-state index in [0.717, 1.165) is 16.9 Å². The number of rotatable bonds is 5. The number of aromatic nitrogens is 5. The van der Waals surface area contributed by atoms with Crippen LogP contribution in [0.1, 0.15) is 5.69 Å². The van der Waals surface area contributed by atoms with E-state index in [-0.39, 0.29) is 5.82 Å². The van der Waals surface area contributed by atoms with Crippen LogP contribution in [0.15, 0.2) is 70.4 Å². The first-order chi connectivity index (χ1) is 12.3. The second-order valence-corrected chi connectivity index (χ2v) is 6.09. The lowest BCUT2D eigenvalue weighted by atomic mass is 10.2. The Bertz CT molecular complexity index is 968. The van der Waals surface area contributed by atoms with E-state index < -0.39 is 0 Å². The van der Waals surface area contributed by atoms with Crippen molar-refractivity contribution in [1.82, 2.24) is 25.2 Å². The minimum atomic E-state index is -0.287. The largest absolute Gasteiger partial charge is 0.411 e. The highest BCUT2D eigenvalue weighted by molar-refractivity contribution is 7.98. The maximum Gasteiger partial charge on any atom is 0.277 e. The predicted octanol–water partition coefficient (Wildman–Crippen LogP) is 3.75. The molecule has 6 nitrogen and oxygen atoms in total. The van der Waals surface area contributed by atoms with Crippen molar-refractivity contribution in [3.63, 3.8) is 0 Å². The molecule has 8 heteroatoms. The van der Waals surface area contributed by atoms with Crippen LogP contribution in [0.4, 0.5) is 4.39 Å². The summed E-state index contributed by atoms with van der Waals surface area (Å²) in [5.41, 5.74) is 2.38. The first-order valence-corrected chi connectivity index (χ1v) is 8.45. The molecule has 4 rings (SSSR count). The van der Waals surface area contributed by atoms with E-state index in [4.69, 9.17) is 4.42 Å². The van der Waals surface area contributed by atoms with Gasteiger partial charge in [-0.2, -0.15) is 0 Å². The monoisotopic (exact) mass is 353 g/mol. The summed E-state index contributed by atoms with van der Waals surface area (Å²) >= 11 is 1.38. The van der Waals surface area contributed by atoms with E-state index >= 15 is 0 Å². The molecule has 2 aromatic carbocycles. The Labute approximate surface area is 146 Å². The van der Waals surface area contributed by atoms with Crippen LogP contribution in [0.2, 0.25) is 0 Å². The van der Waals surface area contributed by atoms with E-state index in [1.165, 1.54) is 23.9 Å². The van der Waals surface area contributed by atoms with Crippen molar-refractivity contribution in [2.24, 2.45) is 0 Å². The van der Waals surface area contributed by atoms with Crippen LogP contribution in [0.25, 0.3) is 17.1 Å². The predicted molar refractivity (Wildman–Crippen MR) is 90.6 cm³/mol. The van der Waals surface area contributed by atoms with Crippen LogP contribution in [0.5, 0.6) is 0 Å². The van der Waals surface area contributed by atoms with Crippen LogP contribution < -0.4 is 0 Å². The van der Waals surface area contributed by atoms with Gasteiger partial charge in [-0.3, -0.25) is 0 Å². The minimum absolute atomic E-state index is 0.287. The Morgan fingerprint density at radius 1 is 0.960 bits per heavy atom. The van der Waals surface area contributed by atoms with Gasteiger partial charge in [0.2, 0.25) is 5.89 Å². The second-order valence-electron chi connectivity index (χ2n) is 5.16. The molecular formula is C17H12FN5OS. The number of benzene rings is 2. The van der Waals surface area contributed by atoms with Gasteiger partial charge in [-0.15, -0.1) is 15.3 Å². The molecule has 25 heavy (non-hydrogen) atoms. The standard InChI is InChI=1S/C17H12FN5OS/c18-13-6-8-15(9-7-13)23-10-14(19-22-23)11-25-17-21-20-16(24-17)12-4-2-1-3-5-12/h1-10H,11H2. The molecule has 0 saturated heterocycles. The second kappa shape index (κ2) is 6.86. The summed E-state index contributed by atoms with van der Waals surface area (Å²) in [5.74, 6) is 0.737. The molecule has 124 valence electrons. The summed E-state index contributed by atoms with van der Waals surface area (Å²) in [4.78, 5) is 0. The average Bonchev–Trinajstić information content (AvgIpc) is 3.31. The first kappa shape index (κ1) is 15.5. The molecule has 0 fully saturated rings. The van der Waals surface area contributed by atoms with Crippen LogP contribution in [0.3, 0.4) is 0 Å². The van der Waals surface area contributed by atoms with Crippen molar-refractivity contribution < 1.29 is 8.81 Å². The summed E-state index contributed by atoms with van der Waals surface area (Å²) in [6.45, 7) is 0. The fraction of sp³-hybridized carbons (Fsp3) is 0.0588. The molecular weight excluding hydrogens is 341 g/mol. The Morgan fingerprint density at radius 3 is 2.56 bits per heavy atom. The van der Waals surface area contributed by atoms with Gasteiger partial charge in [-0.25, -0.2) is 9.07 Å². The van der Waals surface area contributed by atoms with Gasteiger partial charge in [-0.1, -0.05) is 35.2 Å². The molecule has 0 radical (unpaired) electrons. The average molecular weight is 353 g/mol. The molecule has 2 heterocycles. The van der Waals surface area contributed by atoms with E-state index in [2.05, 4.69) is 20.5 Å². The number of hydrogen-bond donors (Lipinski definition) is 0. The zero-order valence-electron chi connectivity index (χ0n) is 12.9. The molecule has 2 aromatic heterocycles. The third-order valence-electron chi connectivity index (χ3n) is 3.40. The molecule has 0 saturated carbocycles. The van der Waals surface area contributed by atoms with Crippen LogP contribution in [-0.2, 0) is 5.75 Å². The Morgan fingerprint density at radius 2 is 1.76 bits per heavy atom. The Kier molecular flexibility index (Phi) is 4.26. The van der Waals surface area contributed by atoms with Crippen LogP contribution in [0, 0.1) is 5.82 Å². The molecule has 4 aromatic rings. The number of halogens is 1. The molecule has 0 N–H and O–H groups in total. The zero-order valence-corrected chi connectivity index (χ0v) is 13.7. The van der Waals surface area contributed by atoms with Gasteiger partial charge in [0.05, 0.1) is 17.6 Å². The van der Waals surface area contributed by atoms with Crippen molar-refractivity contribution >= 4 is 11.8 Å². The molecule has 0 aliphatic carbocycles. The summed E-state index contributed by atoms with van der Waals surface area (Å²) < 4.78 is 20.2. The first-order valence-electron chi connectivity index (χ1n) is 7.47. The SMILES string of the molecule is Fc1ccc(-n2cc(CSc3nnc(-c4ccccc4)o3)nn2)cc1. The lowest BCUT2D eigenvalue weighted by Gasteiger charge is -1.98.